The molecule has 0 aromatic carbocycles. The van der Waals surface area contributed by atoms with Gasteiger partial charge in [-0.1, -0.05) is 26.7 Å². The van der Waals surface area contributed by atoms with Crippen molar-refractivity contribution in [2.45, 2.75) is 64.6 Å². The fourth-order valence-electron chi connectivity index (χ4n) is 2.92. The van der Waals surface area contributed by atoms with E-state index in [2.05, 4.69) is 4.74 Å². The number of esters is 1. The average molecular weight is 378 g/mol. The van der Waals surface area contributed by atoms with Crippen molar-refractivity contribution in [2.75, 3.05) is 13.7 Å². The van der Waals surface area contributed by atoms with E-state index in [1.807, 2.05) is 6.92 Å². The van der Waals surface area contributed by atoms with Crippen LogP contribution in [0, 0.1) is 0 Å². The summed E-state index contributed by atoms with van der Waals surface area (Å²) in [6, 6.07) is 0. The first-order valence-electron chi connectivity index (χ1n) is 8.57. The number of alkyl halides is 3. The molecule has 0 aliphatic carbocycles. The molecule has 0 saturated carbocycles. The van der Waals surface area contributed by atoms with Crippen molar-refractivity contribution < 1.29 is 32.3 Å². The average Bonchev–Trinajstić information content (AvgIpc) is 2.78. The molecule has 2 amide bonds. The lowest BCUT2D eigenvalue weighted by Crippen LogP contribution is -2.66. The summed E-state index contributed by atoms with van der Waals surface area (Å²) < 4.78 is 46.7. The van der Waals surface area contributed by atoms with Gasteiger partial charge in [-0.15, -0.1) is 0 Å². The Kier molecular flexibility index (Phi) is 7.23. The zero-order chi connectivity index (χ0) is 20.1. The fraction of sp³-hybridized carbons (Fsp3) is 0.706. The van der Waals surface area contributed by atoms with Crippen LogP contribution in [0.25, 0.3) is 0 Å². The highest BCUT2D eigenvalue weighted by Gasteiger charge is 2.70. The van der Waals surface area contributed by atoms with Gasteiger partial charge in [0, 0.05) is 18.7 Å². The van der Waals surface area contributed by atoms with Gasteiger partial charge < -0.3 is 15.0 Å². The molecule has 0 bridgehead atoms. The van der Waals surface area contributed by atoms with Crippen LogP contribution in [0.4, 0.5) is 13.2 Å². The first kappa shape index (κ1) is 22.0. The summed E-state index contributed by atoms with van der Waals surface area (Å²) in [5.41, 5.74) is -4.44. The molecule has 1 atom stereocenters. The topological polar surface area (TPSA) is 75.7 Å². The van der Waals surface area contributed by atoms with Gasteiger partial charge in [-0.25, -0.2) is 4.79 Å². The number of halogens is 3. The van der Waals surface area contributed by atoms with E-state index in [0.717, 1.165) is 12.0 Å². The van der Waals surface area contributed by atoms with Crippen molar-refractivity contribution >= 4 is 17.8 Å². The quantitative estimate of drug-likeness (QED) is 0.659. The summed E-state index contributed by atoms with van der Waals surface area (Å²) in [6.45, 7) is 4.88. The predicted molar refractivity (Wildman–Crippen MR) is 87.8 cm³/mol. The number of nitrogens with one attached hydrogen (secondary N) is 1. The van der Waals surface area contributed by atoms with Gasteiger partial charge in [0.05, 0.1) is 7.11 Å². The van der Waals surface area contributed by atoms with E-state index in [-0.39, 0.29) is 18.7 Å². The number of carbonyl (C=O) groups excluding carboxylic acids is 3. The maximum absolute atomic E-state index is 14.1. The molecule has 0 aromatic rings. The molecule has 1 N–H and O–H groups in total. The molecule has 0 saturated heterocycles. The van der Waals surface area contributed by atoms with Crippen LogP contribution in [0.5, 0.6) is 0 Å². The van der Waals surface area contributed by atoms with Crippen molar-refractivity contribution in [2.24, 2.45) is 0 Å². The number of amides is 2. The molecule has 0 fully saturated rings. The summed E-state index contributed by atoms with van der Waals surface area (Å²) in [7, 11) is 0.932. The molecule has 148 valence electrons. The van der Waals surface area contributed by atoms with Crippen molar-refractivity contribution in [3.8, 4) is 0 Å². The minimum absolute atomic E-state index is 0.0182. The normalized spacial score (nSPS) is 20.6. The fourth-order valence-corrected chi connectivity index (χ4v) is 2.92. The molecule has 1 rings (SSSR count). The van der Waals surface area contributed by atoms with Gasteiger partial charge in [-0.2, -0.15) is 13.2 Å². The van der Waals surface area contributed by atoms with E-state index in [9.17, 15) is 27.6 Å². The Hall–Kier alpha value is -2.06. The second kappa shape index (κ2) is 8.55. The first-order chi connectivity index (χ1) is 12.1. The lowest BCUT2D eigenvalue weighted by Gasteiger charge is -2.33. The van der Waals surface area contributed by atoms with Crippen LogP contribution in [-0.4, -0.2) is 48.1 Å². The lowest BCUT2D eigenvalue weighted by atomic mass is 9.89. The summed E-state index contributed by atoms with van der Waals surface area (Å²) in [5, 5.41) is 1.81. The van der Waals surface area contributed by atoms with Crippen LogP contribution in [-0.2, 0) is 19.1 Å². The zero-order valence-electron chi connectivity index (χ0n) is 15.5. The first-order valence-corrected chi connectivity index (χ1v) is 8.57. The number of unbranched alkanes of at least 4 members (excludes halogenated alkanes) is 2. The maximum Gasteiger partial charge on any atom is 0.425 e. The highest BCUT2D eigenvalue weighted by atomic mass is 19.4. The Morgan fingerprint density at radius 2 is 1.77 bits per heavy atom. The smallest absolute Gasteiger partial charge is 0.425 e. The number of methoxy groups -OCH3 is 1. The molecule has 0 aromatic heterocycles. The molecule has 6 nitrogen and oxygen atoms in total. The van der Waals surface area contributed by atoms with Gasteiger partial charge >= 0.3 is 12.1 Å². The number of allylic oxidation sites excluding steroid dienone is 1. The maximum atomic E-state index is 14.1. The minimum atomic E-state index is -5.20. The summed E-state index contributed by atoms with van der Waals surface area (Å²) >= 11 is 0. The number of ether oxygens (including phenoxy) is 1. The van der Waals surface area contributed by atoms with Crippen LogP contribution in [0.15, 0.2) is 11.3 Å². The van der Waals surface area contributed by atoms with E-state index in [4.69, 9.17) is 0 Å². The van der Waals surface area contributed by atoms with Crippen LogP contribution >= 0.6 is 0 Å². The van der Waals surface area contributed by atoms with Crippen molar-refractivity contribution in [1.82, 2.24) is 10.2 Å². The molecule has 9 heteroatoms. The van der Waals surface area contributed by atoms with E-state index < -0.39 is 35.1 Å². The van der Waals surface area contributed by atoms with Crippen LogP contribution in [0.1, 0.15) is 52.9 Å². The van der Waals surface area contributed by atoms with Gasteiger partial charge in [0.2, 0.25) is 11.4 Å². The van der Waals surface area contributed by atoms with E-state index in [1.54, 1.807) is 12.2 Å². The third-order valence-corrected chi connectivity index (χ3v) is 4.34. The van der Waals surface area contributed by atoms with Crippen molar-refractivity contribution in [3.05, 3.63) is 11.3 Å². The molecular formula is C17H25F3N2O4. The number of nitrogens with zero attached hydrogens (tertiary/aromatic N) is 1. The molecule has 0 unspecified atom stereocenters. The molecule has 1 aliphatic rings. The third-order valence-electron chi connectivity index (χ3n) is 4.34. The number of carbonyl (C=O) groups is 3. The monoisotopic (exact) mass is 378 g/mol. The van der Waals surface area contributed by atoms with E-state index in [1.165, 1.54) is 6.92 Å². The Labute approximate surface area is 150 Å². The molecule has 1 heterocycles. The lowest BCUT2D eigenvalue weighted by molar-refractivity contribution is -0.196. The summed E-state index contributed by atoms with van der Waals surface area (Å²) in [5.74, 6) is -3.60. The van der Waals surface area contributed by atoms with Gasteiger partial charge in [-0.3, -0.25) is 9.59 Å². The zero-order valence-corrected chi connectivity index (χ0v) is 15.5. The third kappa shape index (κ3) is 3.86. The van der Waals surface area contributed by atoms with Crippen molar-refractivity contribution in [1.29, 1.82) is 0 Å². The summed E-state index contributed by atoms with van der Waals surface area (Å²) in [6.07, 6.45) is -3.31. The highest BCUT2D eigenvalue weighted by Crippen LogP contribution is 2.45. The SMILES string of the molecule is CCCCC(=O)N[C@@]1(C(F)(F)F)C(=O)N(CCCC)C(C)=C1C(=O)OC. The second-order valence-corrected chi connectivity index (χ2v) is 6.16. The van der Waals surface area contributed by atoms with Gasteiger partial charge in [0.1, 0.15) is 5.57 Å². The standard InChI is InChI=1S/C17H25F3N2O4/c1-5-7-9-12(23)21-16(17(18,19)20)13(14(24)26-4)11(3)22(15(16)25)10-8-6-2/h5-10H2,1-4H3,(H,21,23)/t16-/m1/s1. The largest absolute Gasteiger partial charge is 0.466 e. The number of hydrogen-bond acceptors (Lipinski definition) is 4. The molecule has 26 heavy (non-hydrogen) atoms. The van der Waals surface area contributed by atoms with E-state index in [0.29, 0.717) is 25.7 Å². The van der Waals surface area contributed by atoms with Crippen molar-refractivity contribution in [3.63, 3.8) is 0 Å². The number of rotatable bonds is 8. The van der Waals surface area contributed by atoms with Crippen LogP contribution in [0.2, 0.25) is 0 Å². The van der Waals surface area contributed by atoms with E-state index >= 15 is 0 Å². The highest BCUT2D eigenvalue weighted by molar-refractivity contribution is 6.10. The predicted octanol–water partition coefficient (Wildman–Crippen LogP) is 2.68. The Morgan fingerprint density at radius 1 is 1.19 bits per heavy atom. The summed E-state index contributed by atoms with van der Waals surface area (Å²) in [4.78, 5) is 37.9. The van der Waals surface area contributed by atoms with Gasteiger partial charge in [0.25, 0.3) is 5.91 Å². The molecular weight excluding hydrogens is 353 g/mol. The number of hydrogen-bond donors (Lipinski definition) is 1. The Morgan fingerprint density at radius 3 is 2.23 bits per heavy atom. The molecule has 0 radical (unpaired) electrons. The Balaban J connectivity index is 3.50. The molecule has 0 spiro atoms. The van der Waals surface area contributed by atoms with Gasteiger partial charge in [-0.05, 0) is 19.8 Å². The van der Waals surface area contributed by atoms with Crippen LogP contribution < -0.4 is 5.32 Å². The minimum Gasteiger partial charge on any atom is -0.466 e. The second-order valence-electron chi connectivity index (χ2n) is 6.16. The Bertz CT molecular complexity index is 601. The van der Waals surface area contributed by atoms with Crippen LogP contribution in [0.3, 0.4) is 0 Å². The molecule has 1 aliphatic heterocycles. The van der Waals surface area contributed by atoms with Gasteiger partial charge in [0.15, 0.2) is 0 Å².